The van der Waals surface area contributed by atoms with E-state index in [9.17, 15) is 13.5 Å². The quantitative estimate of drug-likeness (QED) is 0.795. The predicted molar refractivity (Wildman–Crippen MR) is 84.9 cm³/mol. The van der Waals surface area contributed by atoms with Crippen LogP contribution in [0.25, 0.3) is 11.4 Å². The van der Waals surface area contributed by atoms with Crippen LogP contribution >= 0.6 is 0 Å². The molecule has 0 aliphatic carbocycles. The van der Waals surface area contributed by atoms with Gasteiger partial charge in [-0.05, 0) is 30.3 Å². The second-order valence-corrected chi connectivity index (χ2v) is 6.57. The van der Waals surface area contributed by atoms with E-state index < -0.39 is 10.0 Å². The number of ether oxygens (including phenoxy) is 1. The minimum absolute atomic E-state index is 0.0275. The van der Waals surface area contributed by atoms with E-state index in [1.54, 1.807) is 24.3 Å². The molecular weight excluding hydrogens is 316 g/mol. The van der Waals surface area contributed by atoms with Crippen molar-refractivity contribution in [3.8, 4) is 22.9 Å². The van der Waals surface area contributed by atoms with Crippen LogP contribution in [0, 0.1) is 0 Å². The van der Waals surface area contributed by atoms with E-state index in [1.165, 1.54) is 43.8 Å². The molecule has 0 aliphatic rings. The molecule has 0 saturated heterocycles. The van der Waals surface area contributed by atoms with Gasteiger partial charge in [0.25, 0.3) is 10.0 Å². The van der Waals surface area contributed by atoms with Crippen LogP contribution in [-0.4, -0.2) is 29.6 Å². The second kappa shape index (κ2) is 5.77. The van der Waals surface area contributed by atoms with Gasteiger partial charge < -0.3 is 9.84 Å². The molecule has 0 fully saturated rings. The molecule has 0 radical (unpaired) electrons. The fraction of sp³-hybridized carbons (Fsp3) is 0.0625. The Bertz CT molecular complexity index is 934. The molecular formula is C16H14N2O4S. The van der Waals surface area contributed by atoms with Gasteiger partial charge in [0, 0.05) is 18.0 Å². The van der Waals surface area contributed by atoms with Crippen molar-refractivity contribution in [3.63, 3.8) is 0 Å². The van der Waals surface area contributed by atoms with Gasteiger partial charge in [0.15, 0.2) is 17.3 Å². The summed E-state index contributed by atoms with van der Waals surface area (Å²) >= 11 is 0. The van der Waals surface area contributed by atoms with Crippen LogP contribution in [-0.2, 0) is 10.0 Å². The lowest BCUT2D eigenvalue weighted by Gasteiger charge is -2.10. The summed E-state index contributed by atoms with van der Waals surface area (Å²) in [6.07, 6.45) is 2.80. The summed E-state index contributed by atoms with van der Waals surface area (Å²) in [5.74, 6) is 0.460. The zero-order chi connectivity index (χ0) is 16.4. The zero-order valence-electron chi connectivity index (χ0n) is 12.2. The number of hydrogen-bond acceptors (Lipinski definition) is 5. The summed E-state index contributed by atoms with van der Waals surface area (Å²) in [7, 11) is -2.33. The van der Waals surface area contributed by atoms with Crippen LogP contribution in [0.15, 0.2) is 65.8 Å². The first kappa shape index (κ1) is 15.1. The number of imidazole rings is 1. The fourth-order valence-electron chi connectivity index (χ4n) is 2.21. The van der Waals surface area contributed by atoms with Crippen molar-refractivity contribution in [2.24, 2.45) is 0 Å². The van der Waals surface area contributed by atoms with Gasteiger partial charge >= 0.3 is 0 Å². The molecule has 2 aromatic carbocycles. The van der Waals surface area contributed by atoms with Gasteiger partial charge in [-0.15, -0.1) is 0 Å². The SMILES string of the molecule is COc1cc(-c2nccn2S(=O)(=O)c2ccccc2)ccc1O. The Labute approximate surface area is 133 Å². The maximum Gasteiger partial charge on any atom is 0.269 e. The molecule has 0 bridgehead atoms. The average Bonchev–Trinajstić information content (AvgIpc) is 3.06. The number of methoxy groups -OCH3 is 1. The summed E-state index contributed by atoms with van der Waals surface area (Å²) in [6, 6.07) is 12.7. The maximum atomic E-state index is 12.8. The van der Waals surface area contributed by atoms with Crippen LogP contribution in [0.1, 0.15) is 0 Å². The Balaban J connectivity index is 2.14. The summed E-state index contributed by atoms with van der Waals surface area (Å²) < 4.78 is 31.7. The zero-order valence-corrected chi connectivity index (χ0v) is 13.1. The molecule has 3 rings (SSSR count). The summed E-state index contributed by atoms with van der Waals surface area (Å²) in [6.45, 7) is 0. The second-order valence-electron chi connectivity index (χ2n) is 4.75. The van der Waals surface area contributed by atoms with E-state index in [0.717, 1.165) is 3.97 Å². The van der Waals surface area contributed by atoms with Crippen molar-refractivity contribution in [1.29, 1.82) is 0 Å². The third-order valence-corrected chi connectivity index (χ3v) is 5.03. The van der Waals surface area contributed by atoms with E-state index in [0.29, 0.717) is 5.56 Å². The molecule has 0 atom stereocenters. The standard InChI is InChI=1S/C16H14N2O4S/c1-22-15-11-12(7-8-14(15)19)16-17-9-10-18(16)23(20,21)13-5-3-2-4-6-13/h2-11,19H,1H3. The van der Waals surface area contributed by atoms with E-state index in [2.05, 4.69) is 4.98 Å². The molecule has 0 unspecified atom stereocenters. The molecule has 7 heteroatoms. The molecule has 1 aromatic heterocycles. The van der Waals surface area contributed by atoms with Crippen molar-refractivity contribution in [1.82, 2.24) is 8.96 Å². The van der Waals surface area contributed by atoms with Crippen molar-refractivity contribution in [2.75, 3.05) is 7.11 Å². The molecule has 1 N–H and O–H groups in total. The van der Waals surface area contributed by atoms with Crippen molar-refractivity contribution >= 4 is 10.0 Å². The van der Waals surface area contributed by atoms with Gasteiger partial charge in [0.1, 0.15) is 0 Å². The van der Waals surface area contributed by atoms with Gasteiger partial charge in [-0.25, -0.2) is 17.4 Å². The first-order chi connectivity index (χ1) is 11.0. The Morgan fingerprint density at radius 1 is 1.13 bits per heavy atom. The molecule has 3 aromatic rings. The molecule has 23 heavy (non-hydrogen) atoms. The first-order valence-corrected chi connectivity index (χ1v) is 8.19. The molecule has 0 aliphatic heterocycles. The minimum atomic E-state index is -3.75. The maximum absolute atomic E-state index is 12.8. The number of aromatic hydroxyl groups is 1. The van der Waals surface area contributed by atoms with Crippen LogP contribution in [0.5, 0.6) is 11.5 Å². The number of aromatic nitrogens is 2. The average molecular weight is 330 g/mol. The molecule has 0 saturated carbocycles. The normalized spacial score (nSPS) is 11.3. The van der Waals surface area contributed by atoms with E-state index in [4.69, 9.17) is 4.74 Å². The third-order valence-electron chi connectivity index (χ3n) is 3.35. The van der Waals surface area contributed by atoms with Gasteiger partial charge in [0.2, 0.25) is 0 Å². The largest absolute Gasteiger partial charge is 0.504 e. The van der Waals surface area contributed by atoms with Gasteiger partial charge in [-0.3, -0.25) is 0 Å². The Hall–Kier alpha value is -2.80. The summed E-state index contributed by atoms with van der Waals surface area (Å²) in [4.78, 5) is 4.30. The minimum Gasteiger partial charge on any atom is -0.504 e. The summed E-state index contributed by atoms with van der Waals surface area (Å²) in [5.41, 5.74) is 0.518. The third kappa shape index (κ3) is 2.66. The number of phenolic OH excluding ortho intramolecular Hbond substituents is 1. The number of benzene rings is 2. The molecule has 0 spiro atoms. The number of phenols is 1. The van der Waals surface area contributed by atoms with Crippen molar-refractivity contribution < 1.29 is 18.3 Å². The lowest BCUT2D eigenvalue weighted by molar-refractivity contribution is 0.373. The van der Waals surface area contributed by atoms with Crippen LogP contribution in [0.3, 0.4) is 0 Å². The topological polar surface area (TPSA) is 81.4 Å². The fourth-order valence-corrected chi connectivity index (χ4v) is 3.53. The summed E-state index contributed by atoms with van der Waals surface area (Å²) in [5, 5.41) is 9.67. The molecule has 0 amide bonds. The lowest BCUT2D eigenvalue weighted by atomic mass is 10.2. The van der Waals surface area contributed by atoms with Crippen LogP contribution in [0.4, 0.5) is 0 Å². The number of rotatable bonds is 4. The number of hydrogen-bond donors (Lipinski definition) is 1. The highest BCUT2D eigenvalue weighted by molar-refractivity contribution is 7.90. The predicted octanol–water partition coefficient (Wildman–Crippen LogP) is 2.50. The van der Waals surface area contributed by atoms with Crippen molar-refractivity contribution in [2.45, 2.75) is 4.90 Å². The van der Waals surface area contributed by atoms with E-state index in [1.807, 2.05) is 0 Å². The first-order valence-electron chi connectivity index (χ1n) is 6.75. The lowest BCUT2D eigenvalue weighted by Crippen LogP contribution is -2.13. The molecule has 1 heterocycles. The smallest absolute Gasteiger partial charge is 0.269 e. The van der Waals surface area contributed by atoms with Crippen LogP contribution < -0.4 is 4.74 Å². The Morgan fingerprint density at radius 3 is 2.57 bits per heavy atom. The van der Waals surface area contributed by atoms with E-state index >= 15 is 0 Å². The Morgan fingerprint density at radius 2 is 1.87 bits per heavy atom. The highest BCUT2D eigenvalue weighted by Crippen LogP contribution is 2.31. The van der Waals surface area contributed by atoms with Gasteiger partial charge in [-0.2, -0.15) is 0 Å². The molecule has 6 nitrogen and oxygen atoms in total. The van der Waals surface area contributed by atoms with Gasteiger partial charge in [0.05, 0.1) is 12.0 Å². The Kier molecular flexibility index (Phi) is 3.79. The van der Waals surface area contributed by atoms with Gasteiger partial charge in [-0.1, -0.05) is 18.2 Å². The highest BCUT2D eigenvalue weighted by Gasteiger charge is 2.21. The van der Waals surface area contributed by atoms with Crippen molar-refractivity contribution in [3.05, 3.63) is 60.9 Å². The highest BCUT2D eigenvalue weighted by atomic mass is 32.2. The molecule has 118 valence electrons. The number of nitrogens with zero attached hydrogens (tertiary/aromatic N) is 2. The van der Waals surface area contributed by atoms with E-state index in [-0.39, 0.29) is 22.2 Å². The van der Waals surface area contributed by atoms with Crippen LogP contribution in [0.2, 0.25) is 0 Å². The monoisotopic (exact) mass is 330 g/mol.